The van der Waals surface area contributed by atoms with E-state index in [2.05, 4.69) is 15.6 Å². The van der Waals surface area contributed by atoms with Gasteiger partial charge in [-0.3, -0.25) is 0 Å². The van der Waals surface area contributed by atoms with Crippen molar-refractivity contribution in [3.8, 4) is 5.75 Å². The van der Waals surface area contributed by atoms with E-state index in [4.69, 9.17) is 27.9 Å². The first kappa shape index (κ1) is 15.4. The van der Waals surface area contributed by atoms with Crippen molar-refractivity contribution >= 4 is 34.9 Å². The van der Waals surface area contributed by atoms with E-state index in [9.17, 15) is 4.79 Å². The van der Waals surface area contributed by atoms with Gasteiger partial charge in [0.2, 0.25) is 0 Å². The third kappa shape index (κ3) is 4.81. The normalized spacial score (nSPS) is 10.0. The van der Waals surface area contributed by atoms with Gasteiger partial charge in [0.05, 0.1) is 7.11 Å². The Morgan fingerprint density at radius 2 is 1.95 bits per heavy atom. The zero-order valence-electron chi connectivity index (χ0n) is 11.2. The lowest BCUT2D eigenvalue weighted by atomic mass is 10.2. The van der Waals surface area contributed by atoms with Crippen LogP contribution in [0.5, 0.6) is 5.75 Å². The summed E-state index contributed by atoms with van der Waals surface area (Å²) in [6, 6.07) is 10.1. The second-order valence-corrected chi connectivity index (χ2v) is 4.93. The molecule has 0 saturated carbocycles. The van der Waals surface area contributed by atoms with Crippen LogP contribution in [0.2, 0.25) is 10.3 Å². The second kappa shape index (κ2) is 7.15. The van der Waals surface area contributed by atoms with Gasteiger partial charge in [0, 0.05) is 12.2 Å². The highest BCUT2D eigenvalue weighted by Gasteiger charge is 2.05. The number of halogens is 2. The Labute approximate surface area is 132 Å². The monoisotopic (exact) mass is 325 g/mol. The Morgan fingerprint density at radius 3 is 2.62 bits per heavy atom. The number of hydrogen-bond acceptors (Lipinski definition) is 3. The van der Waals surface area contributed by atoms with E-state index >= 15 is 0 Å². The van der Waals surface area contributed by atoms with Crippen LogP contribution >= 0.6 is 23.2 Å². The average Bonchev–Trinajstić information content (AvgIpc) is 2.44. The minimum absolute atomic E-state index is 0.214. The van der Waals surface area contributed by atoms with E-state index in [-0.39, 0.29) is 16.3 Å². The molecule has 2 N–H and O–H groups in total. The molecule has 0 aliphatic rings. The van der Waals surface area contributed by atoms with E-state index in [1.54, 1.807) is 7.11 Å². The number of rotatable bonds is 4. The van der Waals surface area contributed by atoms with E-state index in [0.717, 1.165) is 11.3 Å². The first-order chi connectivity index (χ1) is 10.1. The van der Waals surface area contributed by atoms with Gasteiger partial charge in [-0.1, -0.05) is 35.3 Å². The predicted molar refractivity (Wildman–Crippen MR) is 83.1 cm³/mol. The fourth-order valence-electron chi connectivity index (χ4n) is 1.68. The topological polar surface area (TPSA) is 63.2 Å². The molecule has 21 heavy (non-hydrogen) atoms. The molecule has 110 valence electrons. The van der Waals surface area contributed by atoms with E-state index < -0.39 is 0 Å². The molecule has 0 bridgehead atoms. The summed E-state index contributed by atoms with van der Waals surface area (Å²) in [5, 5.41) is 5.78. The molecule has 2 rings (SSSR count). The Balaban J connectivity index is 1.92. The summed E-state index contributed by atoms with van der Waals surface area (Å²) in [7, 11) is 1.59. The fraction of sp³-hybridized carbons (Fsp3) is 0.143. The average molecular weight is 326 g/mol. The van der Waals surface area contributed by atoms with Crippen LogP contribution in [0.4, 0.5) is 10.5 Å². The lowest BCUT2D eigenvalue weighted by molar-refractivity contribution is 0.251. The summed E-state index contributed by atoms with van der Waals surface area (Å²) >= 11 is 11.5. The zero-order valence-corrected chi connectivity index (χ0v) is 12.7. The maximum absolute atomic E-state index is 11.8. The maximum Gasteiger partial charge on any atom is 0.319 e. The number of ether oxygens (including phenoxy) is 1. The number of carbonyl (C=O) groups is 1. The lowest BCUT2D eigenvalue weighted by Crippen LogP contribution is -2.28. The molecular weight excluding hydrogens is 313 g/mol. The molecule has 0 fully saturated rings. The number of amides is 2. The predicted octanol–water partition coefficient (Wildman–Crippen LogP) is 3.72. The third-order valence-electron chi connectivity index (χ3n) is 2.61. The van der Waals surface area contributed by atoms with E-state index in [1.807, 2.05) is 24.3 Å². The highest BCUT2D eigenvalue weighted by Crippen LogP contribution is 2.18. The zero-order chi connectivity index (χ0) is 15.2. The Kier molecular flexibility index (Phi) is 5.25. The van der Waals surface area contributed by atoms with Crippen LogP contribution < -0.4 is 15.4 Å². The molecule has 2 aromatic rings. The van der Waals surface area contributed by atoms with Gasteiger partial charge in [0.25, 0.3) is 0 Å². The van der Waals surface area contributed by atoms with Crippen molar-refractivity contribution in [1.82, 2.24) is 10.3 Å². The van der Waals surface area contributed by atoms with Gasteiger partial charge < -0.3 is 15.4 Å². The smallest absolute Gasteiger partial charge is 0.319 e. The molecule has 1 aromatic carbocycles. The lowest BCUT2D eigenvalue weighted by Gasteiger charge is -2.09. The SMILES string of the molecule is COc1cccc(CNC(=O)Nc2cc(Cl)nc(Cl)c2)c1. The van der Waals surface area contributed by atoms with Crippen molar-refractivity contribution in [1.29, 1.82) is 0 Å². The molecule has 0 radical (unpaired) electrons. The molecule has 0 saturated heterocycles. The highest BCUT2D eigenvalue weighted by molar-refractivity contribution is 6.32. The number of methoxy groups -OCH3 is 1. The van der Waals surface area contributed by atoms with Gasteiger partial charge in [-0.05, 0) is 29.8 Å². The van der Waals surface area contributed by atoms with Crippen molar-refractivity contribution in [2.45, 2.75) is 6.54 Å². The highest BCUT2D eigenvalue weighted by atomic mass is 35.5. The number of aromatic nitrogens is 1. The van der Waals surface area contributed by atoms with Crippen molar-refractivity contribution in [2.24, 2.45) is 0 Å². The number of nitrogens with zero attached hydrogens (tertiary/aromatic N) is 1. The molecule has 5 nitrogen and oxygen atoms in total. The van der Waals surface area contributed by atoms with Gasteiger partial charge >= 0.3 is 6.03 Å². The molecule has 0 spiro atoms. The number of anilines is 1. The summed E-state index contributed by atoms with van der Waals surface area (Å²) in [6.45, 7) is 0.371. The van der Waals surface area contributed by atoms with E-state index in [0.29, 0.717) is 12.2 Å². The number of urea groups is 1. The summed E-state index contributed by atoms with van der Waals surface area (Å²) in [4.78, 5) is 15.6. The molecule has 7 heteroatoms. The van der Waals surface area contributed by atoms with Crippen LogP contribution in [0, 0.1) is 0 Å². The summed E-state index contributed by atoms with van der Waals surface area (Å²) in [5.74, 6) is 0.738. The quantitative estimate of drug-likeness (QED) is 0.842. The van der Waals surface area contributed by atoms with Crippen molar-refractivity contribution in [3.63, 3.8) is 0 Å². The van der Waals surface area contributed by atoms with Crippen LogP contribution in [-0.4, -0.2) is 18.1 Å². The Bertz CT molecular complexity index is 630. The third-order valence-corrected chi connectivity index (χ3v) is 3.00. The van der Waals surface area contributed by atoms with Gasteiger partial charge in [-0.15, -0.1) is 0 Å². The molecule has 2 amide bonds. The summed E-state index contributed by atoms with van der Waals surface area (Å²) in [6.07, 6.45) is 0. The molecule has 1 aromatic heterocycles. The van der Waals surface area contributed by atoms with Crippen molar-refractivity contribution in [2.75, 3.05) is 12.4 Å². The second-order valence-electron chi connectivity index (χ2n) is 4.16. The molecule has 0 aliphatic carbocycles. The van der Waals surface area contributed by atoms with Crippen LogP contribution in [0.25, 0.3) is 0 Å². The number of hydrogen-bond donors (Lipinski definition) is 2. The van der Waals surface area contributed by atoms with E-state index in [1.165, 1.54) is 12.1 Å². The van der Waals surface area contributed by atoms with Gasteiger partial charge in [0.1, 0.15) is 16.1 Å². The molecule has 0 aliphatic heterocycles. The van der Waals surface area contributed by atoms with Crippen LogP contribution in [-0.2, 0) is 6.54 Å². The van der Waals surface area contributed by atoms with Crippen LogP contribution in [0.3, 0.4) is 0 Å². The summed E-state index contributed by atoms with van der Waals surface area (Å²) in [5.41, 5.74) is 1.40. The fourth-order valence-corrected chi connectivity index (χ4v) is 2.14. The number of benzene rings is 1. The largest absolute Gasteiger partial charge is 0.497 e. The van der Waals surface area contributed by atoms with Crippen LogP contribution in [0.15, 0.2) is 36.4 Å². The van der Waals surface area contributed by atoms with Gasteiger partial charge in [0.15, 0.2) is 0 Å². The minimum atomic E-state index is -0.365. The van der Waals surface area contributed by atoms with Crippen molar-refractivity contribution < 1.29 is 9.53 Å². The Hall–Kier alpha value is -1.98. The molecular formula is C14H13Cl2N3O2. The first-order valence-electron chi connectivity index (χ1n) is 6.07. The van der Waals surface area contributed by atoms with Crippen molar-refractivity contribution in [3.05, 3.63) is 52.3 Å². The first-order valence-corrected chi connectivity index (χ1v) is 6.83. The summed E-state index contributed by atoms with van der Waals surface area (Å²) < 4.78 is 5.12. The number of nitrogens with one attached hydrogen (secondary N) is 2. The van der Waals surface area contributed by atoms with Crippen LogP contribution in [0.1, 0.15) is 5.56 Å². The van der Waals surface area contributed by atoms with Gasteiger partial charge in [-0.2, -0.15) is 0 Å². The maximum atomic E-state index is 11.8. The number of carbonyl (C=O) groups excluding carboxylic acids is 1. The Morgan fingerprint density at radius 1 is 1.24 bits per heavy atom. The molecule has 0 atom stereocenters. The molecule has 1 heterocycles. The standard InChI is InChI=1S/C14H13Cl2N3O2/c1-21-11-4-2-3-9(5-11)8-17-14(20)18-10-6-12(15)19-13(16)7-10/h2-7H,8H2,1H3,(H2,17,18,19,20). The van der Waals surface area contributed by atoms with Gasteiger partial charge in [-0.25, -0.2) is 9.78 Å². The minimum Gasteiger partial charge on any atom is -0.497 e. The molecule has 0 unspecified atom stereocenters. The number of pyridine rings is 1.